The molecule has 7 nitrogen and oxygen atoms in total. The van der Waals surface area contributed by atoms with Gasteiger partial charge in [-0.15, -0.1) is 0 Å². The Morgan fingerprint density at radius 2 is 1.92 bits per heavy atom. The third kappa shape index (κ3) is 5.05. The van der Waals surface area contributed by atoms with Crippen LogP contribution >= 0.6 is 0 Å². The number of hydrogen-bond donors (Lipinski definition) is 2. The summed E-state index contributed by atoms with van der Waals surface area (Å²) < 4.78 is 1.91. The zero-order valence-corrected chi connectivity index (χ0v) is 15.4. The van der Waals surface area contributed by atoms with Crippen LogP contribution in [0.25, 0.3) is 5.65 Å². The maximum Gasteiger partial charge on any atom is 0.226 e. The van der Waals surface area contributed by atoms with Crippen molar-refractivity contribution in [2.24, 2.45) is 0 Å². The summed E-state index contributed by atoms with van der Waals surface area (Å²) in [5.74, 6) is 0.0838. The third-order valence-electron chi connectivity index (χ3n) is 4.63. The summed E-state index contributed by atoms with van der Waals surface area (Å²) in [6.45, 7) is 0.916. The molecular formula is C19H27N5O2. The number of pyridine rings is 1. The standard InChI is InChI=1S/C19H27N5O2/c1-23(2)8-5-7-18(25)21-14-10-15(11-14)22-19(26)12-16-13-24-9-4-3-6-17(24)20-16/h3-4,6,9,13-15H,5,7-8,10-12H2,1-2H3,(H,21,25)(H,22,26). The van der Waals surface area contributed by atoms with E-state index in [1.165, 1.54) is 0 Å². The molecule has 0 radical (unpaired) electrons. The van der Waals surface area contributed by atoms with Crippen LogP contribution in [-0.2, 0) is 16.0 Å². The SMILES string of the molecule is CN(C)CCCC(=O)NC1CC(NC(=O)Cc2cn3ccccc3n2)C1. The van der Waals surface area contributed by atoms with E-state index in [4.69, 9.17) is 0 Å². The van der Waals surface area contributed by atoms with Crippen LogP contribution < -0.4 is 10.6 Å². The lowest BCUT2D eigenvalue weighted by Crippen LogP contribution is -2.54. The summed E-state index contributed by atoms with van der Waals surface area (Å²) in [4.78, 5) is 30.5. The average Bonchev–Trinajstić information content (AvgIpc) is 2.94. The number of fused-ring (bicyclic) bond motifs is 1. The fourth-order valence-corrected chi connectivity index (χ4v) is 3.22. The minimum absolute atomic E-state index is 0.0193. The van der Waals surface area contributed by atoms with Crippen molar-refractivity contribution in [3.05, 3.63) is 36.3 Å². The Kier molecular flexibility index (Phi) is 5.88. The fourth-order valence-electron chi connectivity index (χ4n) is 3.22. The van der Waals surface area contributed by atoms with E-state index >= 15 is 0 Å². The summed E-state index contributed by atoms with van der Waals surface area (Å²) >= 11 is 0. The molecule has 1 aliphatic carbocycles. The predicted molar refractivity (Wildman–Crippen MR) is 99.8 cm³/mol. The smallest absolute Gasteiger partial charge is 0.226 e. The Hall–Kier alpha value is -2.41. The number of aromatic nitrogens is 2. The Morgan fingerprint density at radius 1 is 1.19 bits per heavy atom. The highest BCUT2D eigenvalue weighted by molar-refractivity contribution is 5.79. The normalized spacial score (nSPS) is 19.3. The molecule has 0 atom stereocenters. The van der Waals surface area contributed by atoms with E-state index in [1.54, 1.807) is 0 Å². The number of nitrogens with one attached hydrogen (secondary N) is 2. The molecule has 7 heteroatoms. The lowest BCUT2D eigenvalue weighted by molar-refractivity contribution is -0.123. The summed E-state index contributed by atoms with van der Waals surface area (Å²) in [7, 11) is 4.01. The van der Waals surface area contributed by atoms with Gasteiger partial charge in [-0.1, -0.05) is 6.07 Å². The molecule has 0 saturated heterocycles. The van der Waals surface area contributed by atoms with Gasteiger partial charge in [0.1, 0.15) is 5.65 Å². The number of carbonyl (C=O) groups excluding carboxylic acids is 2. The maximum absolute atomic E-state index is 12.2. The van der Waals surface area contributed by atoms with Crippen LogP contribution in [0.1, 0.15) is 31.4 Å². The van der Waals surface area contributed by atoms with Crippen LogP contribution in [0.5, 0.6) is 0 Å². The zero-order valence-electron chi connectivity index (χ0n) is 15.4. The number of nitrogens with zero attached hydrogens (tertiary/aromatic N) is 3. The Morgan fingerprint density at radius 3 is 2.62 bits per heavy atom. The first kappa shape index (κ1) is 18.4. The monoisotopic (exact) mass is 357 g/mol. The van der Waals surface area contributed by atoms with Gasteiger partial charge in [-0.2, -0.15) is 0 Å². The molecule has 2 amide bonds. The molecule has 0 spiro atoms. The van der Waals surface area contributed by atoms with Gasteiger partial charge in [0.15, 0.2) is 0 Å². The first-order valence-corrected chi connectivity index (χ1v) is 9.15. The summed E-state index contributed by atoms with van der Waals surface area (Å²) in [5, 5.41) is 6.06. The Labute approximate surface area is 153 Å². The highest BCUT2D eigenvalue weighted by atomic mass is 16.2. The topological polar surface area (TPSA) is 78.7 Å². The molecule has 3 rings (SSSR count). The minimum atomic E-state index is -0.0193. The molecule has 1 aliphatic rings. The largest absolute Gasteiger partial charge is 0.353 e. The first-order chi connectivity index (χ1) is 12.5. The van der Waals surface area contributed by atoms with Gasteiger partial charge in [0, 0.05) is 30.9 Å². The van der Waals surface area contributed by atoms with Crippen molar-refractivity contribution in [3.8, 4) is 0 Å². The van der Waals surface area contributed by atoms with Gasteiger partial charge in [0.25, 0.3) is 0 Å². The number of hydrogen-bond acceptors (Lipinski definition) is 4. The quantitative estimate of drug-likeness (QED) is 0.738. The lowest BCUT2D eigenvalue weighted by Gasteiger charge is -2.36. The van der Waals surface area contributed by atoms with Crippen molar-refractivity contribution in [2.75, 3.05) is 20.6 Å². The molecule has 2 N–H and O–H groups in total. The second kappa shape index (κ2) is 8.31. The maximum atomic E-state index is 12.2. The Balaban J connectivity index is 1.34. The predicted octanol–water partition coefficient (Wildman–Crippen LogP) is 0.982. The third-order valence-corrected chi connectivity index (χ3v) is 4.63. The van der Waals surface area contributed by atoms with E-state index in [9.17, 15) is 9.59 Å². The molecule has 0 aliphatic heterocycles. The van der Waals surface area contributed by atoms with Crippen molar-refractivity contribution < 1.29 is 9.59 Å². The van der Waals surface area contributed by atoms with Crippen LogP contribution in [0.2, 0.25) is 0 Å². The van der Waals surface area contributed by atoms with Crippen molar-refractivity contribution in [1.82, 2.24) is 24.9 Å². The molecule has 140 valence electrons. The highest BCUT2D eigenvalue weighted by Crippen LogP contribution is 2.20. The number of imidazole rings is 1. The summed E-state index contributed by atoms with van der Waals surface area (Å²) in [6.07, 6.45) is 7.10. The average molecular weight is 357 g/mol. The van der Waals surface area contributed by atoms with E-state index in [0.29, 0.717) is 6.42 Å². The minimum Gasteiger partial charge on any atom is -0.353 e. The van der Waals surface area contributed by atoms with Crippen LogP contribution in [0, 0.1) is 0 Å². The fraction of sp³-hybridized carbons (Fsp3) is 0.526. The second-order valence-electron chi connectivity index (χ2n) is 7.28. The summed E-state index contributed by atoms with van der Waals surface area (Å²) in [6, 6.07) is 6.10. The molecule has 1 saturated carbocycles. The van der Waals surface area contributed by atoms with Crippen LogP contribution in [0.4, 0.5) is 0 Å². The van der Waals surface area contributed by atoms with E-state index in [1.807, 2.05) is 49.1 Å². The van der Waals surface area contributed by atoms with E-state index in [-0.39, 0.29) is 30.3 Å². The van der Waals surface area contributed by atoms with Crippen molar-refractivity contribution in [2.45, 2.75) is 44.2 Å². The molecule has 1 fully saturated rings. The molecule has 0 unspecified atom stereocenters. The number of amides is 2. The van der Waals surface area contributed by atoms with Gasteiger partial charge in [0.2, 0.25) is 11.8 Å². The Bertz CT molecular complexity index is 731. The van der Waals surface area contributed by atoms with Gasteiger partial charge in [-0.25, -0.2) is 4.98 Å². The van der Waals surface area contributed by atoms with Crippen LogP contribution in [0.15, 0.2) is 30.6 Å². The van der Waals surface area contributed by atoms with Gasteiger partial charge < -0.3 is 19.9 Å². The molecule has 0 bridgehead atoms. The lowest BCUT2D eigenvalue weighted by atomic mass is 9.86. The van der Waals surface area contributed by atoms with Crippen molar-refractivity contribution in [1.29, 1.82) is 0 Å². The van der Waals surface area contributed by atoms with E-state index in [2.05, 4.69) is 20.5 Å². The molecule has 0 aromatic carbocycles. The van der Waals surface area contributed by atoms with Crippen molar-refractivity contribution >= 4 is 17.5 Å². The van der Waals surface area contributed by atoms with E-state index in [0.717, 1.165) is 37.1 Å². The highest BCUT2D eigenvalue weighted by Gasteiger charge is 2.31. The molecule has 2 aromatic heterocycles. The number of carbonyl (C=O) groups is 2. The van der Waals surface area contributed by atoms with Gasteiger partial charge >= 0.3 is 0 Å². The molecule has 2 heterocycles. The first-order valence-electron chi connectivity index (χ1n) is 9.15. The van der Waals surface area contributed by atoms with Crippen LogP contribution in [0.3, 0.4) is 0 Å². The van der Waals surface area contributed by atoms with Gasteiger partial charge in [-0.05, 0) is 52.0 Å². The van der Waals surface area contributed by atoms with Gasteiger partial charge in [0.05, 0.1) is 12.1 Å². The second-order valence-corrected chi connectivity index (χ2v) is 7.28. The summed E-state index contributed by atoms with van der Waals surface area (Å²) in [5.41, 5.74) is 1.61. The van der Waals surface area contributed by atoms with Gasteiger partial charge in [-0.3, -0.25) is 9.59 Å². The molecular weight excluding hydrogens is 330 g/mol. The van der Waals surface area contributed by atoms with Crippen molar-refractivity contribution in [3.63, 3.8) is 0 Å². The number of rotatable bonds is 8. The van der Waals surface area contributed by atoms with E-state index < -0.39 is 0 Å². The molecule has 2 aromatic rings. The van der Waals surface area contributed by atoms with Crippen LogP contribution in [-0.4, -0.2) is 58.8 Å². The zero-order chi connectivity index (χ0) is 18.5. The molecule has 26 heavy (non-hydrogen) atoms.